The van der Waals surface area contributed by atoms with Crippen molar-refractivity contribution in [3.8, 4) is 5.75 Å². The first-order valence-electron chi connectivity index (χ1n) is 22.3. The van der Waals surface area contributed by atoms with Crippen molar-refractivity contribution in [3.05, 3.63) is 76.5 Å². The zero-order valence-electron chi connectivity index (χ0n) is 38.2. The largest absolute Gasteiger partial charge is 0.496 e. The molecule has 10 atom stereocenters. The molecule has 5 aliphatic heterocycles. The van der Waals surface area contributed by atoms with E-state index in [1.165, 1.54) is 41.4 Å². The molecule has 2 saturated heterocycles. The summed E-state index contributed by atoms with van der Waals surface area (Å²) in [4.78, 5) is 64.9. The molecule has 3 fully saturated rings. The summed E-state index contributed by atoms with van der Waals surface area (Å²) in [6.07, 6.45) is 6.72. The Balaban J connectivity index is 1.35. The third kappa shape index (κ3) is 6.25. The van der Waals surface area contributed by atoms with E-state index < -0.39 is 81.7 Å². The Hall–Kier alpha value is -5.32. The lowest BCUT2D eigenvalue weighted by Crippen LogP contribution is -2.81. The fraction of sp³-hybridized carbons (Fsp3) is 0.551. The number of aromatic nitrogens is 1. The Morgan fingerprint density at radius 1 is 1.00 bits per heavy atom. The Labute approximate surface area is 376 Å². The topological polar surface area (TPSA) is 160 Å². The highest BCUT2D eigenvalue weighted by atomic mass is 19.3. The van der Waals surface area contributed by atoms with E-state index in [9.17, 15) is 19.5 Å². The van der Waals surface area contributed by atoms with Crippen molar-refractivity contribution in [1.29, 1.82) is 0 Å². The van der Waals surface area contributed by atoms with Crippen molar-refractivity contribution < 1.29 is 56.7 Å². The molecular weight excluding hydrogens is 843 g/mol. The molecule has 0 radical (unpaired) electrons. The smallest absolute Gasteiger partial charge is 0.344 e. The van der Waals surface area contributed by atoms with Crippen LogP contribution in [-0.2, 0) is 55.5 Å². The van der Waals surface area contributed by atoms with Gasteiger partial charge in [-0.15, -0.1) is 0 Å². The van der Waals surface area contributed by atoms with Crippen molar-refractivity contribution in [3.63, 3.8) is 0 Å². The molecule has 2 aromatic carbocycles. The molecule has 3 aromatic rings. The predicted octanol–water partition coefficient (Wildman–Crippen LogP) is 5.26. The number of piperidine rings is 1. The molecule has 1 spiro atoms. The number of likely N-dealkylation sites (N-methyl/N-ethyl adjacent to an activating group) is 1. The first-order valence-corrected chi connectivity index (χ1v) is 22.3. The van der Waals surface area contributed by atoms with E-state index in [0.717, 1.165) is 17.9 Å². The lowest BCUT2D eigenvalue weighted by Gasteiger charge is -2.63. The molecule has 5 unspecified atom stereocenters. The number of anilines is 1. The van der Waals surface area contributed by atoms with E-state index in [1.807, 2.05) is 59.2 Å². The number of alkyl halides is 2. The molecule has 6 aliphatic rings. The van der Waals surface area contributed by atoms with E-state index in [1.54, 1.807) is 13.1 Å². The van der Waals surface area contributed by atoms with Crippen LogP contribution in [0.1, 0.15) is 74.4 Å². The molecule has 1 saturated carbocycles. The van der Waals surface area contributed by atoms with Gasteiger partial charge in [0.05, 0.1) is 34.5 Å². The summed E-state index contributed by atoms with van der Waals surface area (Å²) in [5, 5.41) is 14.1. The van der Waals surface area contributed by atoms with Gasteiger partial charge in [0.15, 0.2) is 6.10 Å². The number of H-pyrrole nitrogens is 1. The molecule has 0 amide bonds. The fourth-order valence-corrected chi connectivity index (χ4v) is 13.6. The predicted molar refractivity (Wildman–Crippen MR) is 235 cm³/mol. The minimum Gasteiger partial charge on any atom is -0.496 e. The summed E-state index contributed by atoms with van der Waals surface area (Å²) >= 11 is 0. The number of ether oxygens (including phenoxy) is 5. The van der Waals surface area contributed by atoms with Crippen molar-refractivity contribution in [2.45, 2.75) is 93.5 Å². The molecule has 1 aliphatic carbocycles. The van der Waals surface area contributed by atoms with Gasteiger partial charge in [0, 0.05) is 103 Å². The number of methoxy groups -OCH3 is 4. The van der Waals surface area contributed by atoms with Crippen molar-refractivity contribution in [1.82, 2.24) is 14.8 Å². The summed E-state index contributed by atoms with van der Waals surface area (Å²) in [6.45, 7) is 6.16. The molecule has 348 valence electrons. The van der Waals surface area contributed by atoms with Crippen LogP contribution in [0.2, 0.25) is 0 Å². The number of benzene rings is 2. The Morgan fingerprint density at radius 3 is 2.42 bits per heavy atom. The fourth-order valence-electron chi connectivity index (χ4n) is 13.6. The average molecular weight is 901 g/mol. The van der Waals surface area contributed by atoms with E-state index >= 15 is 13.6 Å². The second-order valence-electron chi connectivity index (χ2n) is 19.1. The van der Waals surface area contributed by atoms with Crippen molar-refractivity contribution >= 4 is 46.5 Å². The highest BCUT2D eigenvalue weighted by Crippen LogP contribution is 2.68. The van der Waals surface area contributed by atoms with Crippen LogP contribution in [0.3, 0.4) is 0 Å². The minimum atomic E-state index is -3.00. The number of esters is 4. The first kappa shape index (κ1) is 44.9. The quantitative estimate of drug-likeness (QED) is 0.124. The van der Waals surface area contributed by atoms with E-state index in [-0.39, 0.29) is 25.9 Å². The molecule has 2 bridgehead atoms. The monoisotopic (exact) mass is 900 g/mol. The lowest BCUT2D eigenvalue weighted by molar-refractivity contribution is -0.228. The number of aliphatic hydroxyl groups is 1. The zero-order chi connectivity index (χ0) is 46.6. The molecular formula is C49H58F2N4O10. The zero-order valence-corrected chi connectivity index (χ0v) is 38.2. The van der Waals surface area contributed by atoms with Crippen LogP contribution < -0.4 is 9.64 Å². The van der Waals surface area contributed by atoms with Gasteiger partial charge in [-0.3, -0.25) is 19.4 Å². The molecule has 6 heterocycles. The van der Waals surface area contributed by atoms with Crippen LogP contribution >= 0.6 is 0 Å². The molecule has 9 rings (SSSR count). The van der Waals surface area contributed by atoms with Crippen LogP contribution in [0.25, 0.3) is 17.0 Å². The van der Waals surface area contributed by atoms with Crippen LogP contribution in [0.5, 0.6) is 5.75 Å². The summed E-state index contributed by atoms with van der Waals surface area (Å²) in [5.74, 6) is -6.83. The van der Waals surface area contributed by atoms with Crippen LogP contribution in [0.15, 0.2) is 48.6 Å². The lowest BCUT2D eigenvalue weighted by atomic mass is 9.47. The van der Waals surface area contributed by atoms with Crippen molar-refractivity contribution in [2.24, 2.45) is 17.3 Å². The maximum absolute atomic E-state index is 15.5. The number of carbonyl (C=O) groups excluding carboxylic acids is 4. The molecule has 14 nitrogen and oxygen atoms in total. The van der Waals surface area contributed by atoms with Crippen molar-refractivity contribution in [2.75, 3.05) is 66.6 Å². The summed E-state index contributed by atoms with van der Waals surface area (Å²) in [5.41, 5.74) is -1.69. The standard InChI is InChI=1S/C49H58F2N4O10/c1-9-46-15-10-17-55-18-16-47(40(46)55)33-21-34(37(61-5)22-36(33)53(4)41(47)49(60,44(59)64-8)42(46)65-27(2)56)48(43(58)63-7)23-29-19-30(45(3,50)51)25-54(24-29)26-32-31-20-28(12-14-38(57)62-6)11-13-35(31)52-39(32)48/h10-15,20-22,29-30,40-42,52,60H,9,16-19,23-26H2,1-8H3/b14-12+/t29?,30?,40?,41?,42-,46-,47-,48+,49+/m1/s1. The SMILES string of the molecule is CC[C@]12C=CCN3CC[C@@]4(c5cc([C@@]6(C(=O)OC)CC7CC(C(C)(F)F)CN(Cc8c6[nH]c6ccc(/C=C/C(=O)OC)cc86)C7)c(OC)cc5N(C)C4[C@@](O)(C(=O)OC)[C@@H]1OC(C)=O)C32. The Morgan fingerprint density at radius 2 is 1.75 bits per heavy atom. The summed E-state index contributed by atoms with van der Waals surface area (Å²) < 4.78 is 59.6. The van der Waals surface area contributed by atoms with Gasteiger partial charge in [-0.05, 0) is 86.0 Å². The maximum Gasteiger partial charge on any atom is 0.344 e. The summed E-state index contributed by atoms with van der Waals surface area (Å²) in [6, 6.07) is 7.99. The molecule has 2 N–H and O–H groups in total. The number of fused-ring (bicyclic) bond motifs is 6. The van der Waals surface area contributed by atoms with E-state index in [0.29, 0.717) is 71.8 Å². The highest BCUT2D eigenvalue weighted by molar-refractivity contribution is 5.96. The number of halogens is 2. The van der Waals surface area contributed by atoms with Gasteiger partial charge in [0.1, 0.15) is 11.2 Å². The average Bonchev–Trinajstić information content (AvgIpc) is 3.93. The summed E-state index contributed by atoms with van der Waals surface area (Å²) in [7, 11) is 7.13. The number of aromatic amines is 1. The molecule has 16 heteroatoms. The van der Waals surface area contributed by atoms with Gasteiger partial charge in [0.25, 0.3) is 0 Å². The Kier molecular flexibility index (Phi) is 10.8. The minimum absolute atomic E-state index is 0.0803. The highest BCUT2D eigenvalue weighted by Gasteiger charge is 2.80. The number of nitrogens with zero attached hydrogens (tertiary/aromatic N) is 3. The third-order valence-electron chi connectivity index (χ3n) is 16.0. The van der Waals surface area contributed by atoms with Gasteiger partial charge >= 0.3 is 23.9 Å². The van der Waals surface area contributed by atoms with Gasteiger partial charge in [-0.1, -0.05) is 25.1 Å². The molecule has 1 aromatic heterocycles. The van der Waals surface area contributed by atoms with Crippen LogP contribution in [-0.4, -0.2) is 135 Å². The molecule has 65 heavy (non-hydrogen) atoms. The normalized spacial score (nSPS) is 33.6. The number of carbonyl (C=O) groups is 4. The number of hydrogen-bond donors (Lipinski definition) is 2. The van der Waals surface area contributed by atoms with E-state index in [2.05, 4.69) is 9.88 Å². The van der Waals surface area contributed by atoms with E-state index in [4.69, 9.17) is 23.7 Å². The second kappa shape index (κ2) is 15.7. The number of nitrogens with one attached hydrogen (secondary N) is 1. The van der Waals surface area contributed by atoms with Gasteiger partial charge in [-0.2, -0.15) is 0 Å². The third-order valence-corrected chi connectivity index (χ3v) is 16.0. The van der Waals surface area contributed by atoms with Crippen LogP contribution in [0.4, 0.5) is 14.5 Å². The maximum atomic E-state index is 15.5. The van der Waals surface area contributed by atoms with Crippen LogP contribution in [0, 0.1) is 17.3 Å². The number of rotatable bonds is 9. The Bertz CT molecular complexity index is 2540. The van der Waals surface area contributed by atoms with Gasteiger partial charge < -0.3 is 38.7 Å². The van der Waals surface area contributed by atoms with Gasteiger partial charge in [0.2, 0.25) is 11.5 Å². The number of hydrogen-bond acceptors (Lipinski definition) is 13. The second-order valence-corrected chi connectivity index (χ2v) is 19.1. The van der Waals surface area contributed by atoms with Gasteiger partial charge in [-0.25, -0.2) is 18.4 Å². The first-order chi connectivity index (χ1) is 30.9.